The van der Waals surface area contributed by atoms with Gasteiger partial charge in [-0.3, -0.25) is 4.98 Å². The van der Waals surface area contributed by atoms with Crippen LogP contribution in [0.5, 0.6) is 5.75 Å². The molecule has 0 saturated carbocycles. The van der Waals surface area contributed by atoms with E-state index in [2.05, 4.69) is 16.4 Å². The maximum Gasteiger partial charge on any atom is 0.124 e. The number of aromatic nitrogens is 1. The van der Waals surface area contributed by atoms with Crippen LogP contribution in [0.1, 0.15) is 16.7 Å². The van der Waals surface area contributed by atoms with Gasteiger partial charge in [0.05, 0.1) is 0 Å². The molecule has 0 amide bonds. The molecule has 128 valence electrons. The van der Waals surface area contributed by atoms with E-state index in [-0.39, 0.29) is 6.61 Å². The van der Waals surface area contributed by atoms with Gasteiger partial charge in [-0.15, -0.1) is 0 Å². The van der Waals surface area contributed by atoms with Gasteiger partial charge in [-0.05, 0) is 36.2 Å². The molecule has 25 heavy (non-hydrogen) atoms. The second kappa shape index (κ2) is 8.85. The summed E-state index contributed by atoms with van der Waals surface area (Å²) in [5, 5.41) is 12.4. The Hall–Kier alpha value is -2.85. The number of benzene rings is 2. The minimum atomic E-state index is 0.175. The molecular weight excluding hydrogens is 312 g/mol. The largest absolute Gasteiger partial charge is 0.488 e. The van der Waals surface area contributed by atoms with Crippen LogP contribution in [0.2, 0.25) is 0 Å². The first kappa shape index (κ1) is 17.0. The van der Waals surface area contributed by atoms with Crippen molar-refractivity contribution in [1.82, 2.24) is 4.98 Å². The SMILES string of the molecule is OCCc1ccc(NCc2ccccc2OCc2cccnc2)cc1. The molecule has 4 heteroatoms. The zero-order valence-corrected chi connectivity index (χ0v) is 14.1. The van der Waals surface area contributed by atoms with Gasteiger partial charge in [-0.25, -0.2) is 0 Å². The number of rotatable bonds is 8. The van der Waals surface area contributed by atoms with E-state index in [4.69, 9.17) is 9.84 Å². The molecule has 0 radical (unpaired) electrons. The number of pyridine rings is 1. The van der Waals surface area contributed by atoms with Gasteiger partial charge >= 0.3 is 0 Å². The summed E-state index contributed by atoms with van der Waals surface area (Å²) in [6.45, 7) is 1.36. The third kappa shape index (κ3) is 5.06. The van der Waals surface area contributed by atoms with Crippen molar-refractivity contribution in [3.63, 3.8) is 0 Å². The van der Waals surface area contributed by atoms with Crippen LogP contribution in [0.4, 0.5) is 5.69 Å². The van der Waals surface area contributed by atoms with Gasteiger partial charge in [0.2, 0.25) is 0 Å². The predicted octanol–water partition coefficient (Wildman–Crippen LogP) is 3.81. The number of nitrogens with zero attached hydrogens (tertiary/aromatic N) is 1. The van der Waals surface area contributed by atoms with Gasteiger partial charge in [0.25, 0.3) is 0 Å². The molecule has 0 spiro atoms. The van der Waals surface area contributed by atoms with E-state index in [1.165, 1.54) is 0 Å². The molecule has 0 fully saturated rings. The summed E-state index contributed by atoms with van der Waals surface area (Å²) >= 11 is 0. The number of anilines is 1. The Morgan fingerprint density at radius 2 is 1.76 bits per heavy atom. The summed E-state index contributed by atoms with van der Waals surface area (Å²) in [6, 6.07) is 20.1. The number of hydrogen-bond donors (Lipinski definition) is 2. The fourth-order valence-electron chi connectivity index (χ4n) is 2.55. The highest BCUT2D eigenvalue weighted by Gasteiger charge is 2.04. The fourth-order valence-corrected chi connectivity index (χ4v) is 2.55. The van der Waals surface area contributed by atoms with Gasteiger partial charge in [0, 0.05) is 42.4 Å². The van der Waals surface area contributed by atoms with Crippen LogP contribution in [0.15, 0.2) is 73.1 Å². The minimum absolute atomic E-state index is 0.175. The van der Waals surface area contributed by atoms with Crippen molar-refractivity contribution in [3.05, 3.63) is 89.7 Å². The average Bonchev–Trinajstić information content (AvgIpc) is 2.67. The Labute approximate surface area is 148 Å². The molecule has 0 aliphatic carbocycles. The van der Waals surface area contributed by atoms with Crippen molar-refractivity contribution in [2.45, 2.75) is 19.6 Å². The van der Waals surface area contributed by atoms with Crippen LogP contribution in [0.25, 0.3) is 0 Å². The van der Waals surface area contributed by atoms with E-state index >= 15 is 0 Å². The monoisotopic (exact) mass is 334 g/mol. The molecule has 4 nitrogen and oxygen atoms in total. The first-order chi connectivity index (χ1) is 12.3. The van der Waals surface area contributed by atoms with Gasteiger partial charge in [0.1, 0.15) is 12.4 Å². The number of hydrogen-bond acceptors (Lipinski definition) is 4. The van der Waals surface area contributed by atoms with Crippen molar-refractivity contribution < 1.29 is 9.84 Å². The summed E-state index contributed by atoms with van der Waals surface area (Å²) in [4.78, 5) is 4.11. The Morgan fingerprint density at radius 3 is 2.52 bits per heavy atom. The van der Waals surface area contributed by atoms with E-state index in [0.29, 0.717) is 19.6 Å². The minimum Gasteiger partial charge on any atom is -0.488 e. The van der Waals surface area contributed by atoms with E-state index in [0.717, 1.165) is 28.1 Å². The Bertz CT molecular complexity index is 773. The Morgan fingerprint density at radius 1 is 0.920 bits per heavy atom. The van der Waals surface area contributed by atoms with Gasteiger partial charge in [0.15, 0.2) is 0 Å². The third-order valence-corrected chi connectivity index (χ3v) is 3.93. The lowest BCUT2D eigenvalue weighted by molar-refractivity contribution is 0.299. The number of aliphatic hydroxyl groups excluding tert-OH is 1. The molecule has 1 heterocycles. The lowest BCUT2D eigenvalue weighted by Gasteiger charge is -2.13. The van der Waals surface area contributed by atoms with Crippen molar-refractivity contribution in [3.8, 4) is 5.75 Å². The van der Waals surface area contributed by atoms with Crippen LogP contribution < -0.4 is 10.1 Å². The van der Waals surface area contributed by atoms with Gasteiger partial charge < -0.3 is 15.2 Å². The zero-order chi connectivity index (χ0) is 17.3. The number of nitrogens with one attached hydrogen (secondary N) is 1. The van der Waals surface area contributed by atoms with E-state index in [9.17, 15) is 0 Å². The Balaban J connectivity index is 1.60. The predicted molar refractivity (Wildman–Crippen MR) is 99.6 cm³/mol. The molecule has 0 unspecified atom stereocenters. The molecule has 0 aliphatic rings. The lowest BCUT2D eigenvalue weighted by Crippen LogP contribution is -2.04. The van der Waals surface area contributed by atoms with E-state index in [1.807, 2.05) is 60.8 Å². The standard InChI is InChI=1S/C21H22N2O2/c24-13-11-17-7-9-20(10-8-17)23-15-19-5-1-2-6-21(19)25-16-18-4-3-12-22-14-18/h1-10,12,14,23-24H,11,13,15-16H2. The molecule has 0 aliphatic heterocycles. The van der Waals surface area contributed by atoms with Crippen molar-refractivity contribution >= 4 is 5.69 Å². The molecule has 3 rings (SSSR count). The van der Waals surface area contributed by atoms with Crippen LogP contribution >= 0.6 is 0 Å². The second-order valence-corrected chi connectivity index (χ2v) is 5.78. The quantitative estimate of drug-likeness (QED) is 0.658. The summed E-state index contributed by atoms with van der Waals surface area (Å²) in [5.41, 5.74) is 4.33. The molecule has 2 aromatic carbocycles. The average molecular weight is 334 g/mol. The first-order valence-electron chi connectivity index (χ1n) is 8.38. The van der Waals surface area contributed by atoms with Gasteiger partial charge in [-0.1, -0.05) is 36.4 Å². The summed E-state index contributed by atoms with van der Waals surface area (Å²) in [6.07, 6.45) is 4.26. The van der Waals surface area contributed by atoms with Crippen LogP contribution in [0, 0.1) is 0 Å². The highest BCUT2D eigenvalue weighted by molar-refractivity contribution is 5.46. The van der Waals surface area contributed by atoms with E-state index in [1.54, 1.807) is 6.20 Å². The van der Waals surface area contributed by atoms with Crippen LogP contribution in [-0.4, -0.2) is 16.7 Å². The fraction of sp³-hybridized carbons (Fsp3) is 0.190. The normalized spacial score (nSPS) is 10.4. The third-order valence-electron chi connectivity index (χ3n) is 3.93. The molecule has 0 bridgehead atoms. The van der Waals surface area contributed by atoms with Crippen molar-refractivity contribution in [1.29, 1.82) is 0 Å². The van der Waals surface area contributed by atoms with Crippen LogP contribution in [0.3, 0.4) is 0 Å². The smallest absolute Gasteiger partial charge is 0.124 e. The molecule has 0 atom stereocenters. The first-order valence-corrected chi connectivity index (χ1v) is 8.38. The highest BCUT2D eigenvalue weighted by Crippen LogP contribution is 2.21. The number of ether oxygens (including phenoxy) is 1. The summed E-state index contributed by atoms with van der Waals surface area (Å²) in [5.74, 6) is 0.871. The molecule has 2 N–H and O–H groups in total. The second-order valence-electron chi connectivity index (χ2n) is 5.78. The van der Waals surface area contributed by atoms with Crippen LogP contribution in [-0.2, 0) is 19.6 Å². The molecule has 0 saturated heterocycles. The zero-order valence-electron chi connectivity index (χ0n) is 14.1. The number of para-hydroxylation sites is 1. The molecule has 1 aromatic heterocycles. The maximum atomic E-state index is 8.97. The van der Waals surface area contributed by atoms with Gasteiger partial charge in [-0.2, -0.15) is 0 Å². The summed E-state index contributed by atoms with van der Waals surface area (Å²) in [7, 11) is 0. The van der Waals surface area contributed by atoms with E-state index < -0.39 is 0 Å². The maximum absolute atomic E-state index is 8.97. The Kier molecular flexibility index (Phi) is 6.01. The van der Waals surface area contributed by atoms with Crippen molar-refractivity contribution in [2.24, 2.45) is 0 Å². The number of aliphatic hydroxyl groups is 1. The topological polar surface area (TPSA) is 54.4 Å². The highest BCUT2D eigenvalue weighted by atomic mass is 16.5. The molecule has 3 aromatic rings. The van der Waals surface area contributed by atoms with Crippen molar-refractivity contribution in [2.75, 3.05) is 11.9 Å². The summed E-state index contributed by atoms with van der Waals surface area (Å²) < 4.78 is 5.95. The molecular formula is C21H22N2O2. The lowest BCUT2D eigenvalue weighted by atomic mass is 10.1.